The summed E-state index contributed by atoms with van der Waals surface area (Å²) in [5, 5.41) is 20.7. The summed E-state index contributed by atoms with van der Waals surface area (Å²) in [6.45, 7) is 0.985. The number of hydrogen-bond acceptors (Lipinski definition) is 5. The number of nitriles is 1. The van der Waals surface area contributed by atoms with E-state index in [0.717, 1.165) is 12.0 Å². The zero-order valence-electron chi connectivity index (χ0n) is 16.2. The van der Waals surface area contributed by atoms with Crippen LogP contribution in [0.25, 0.3) is 17.4 Å². The van der Waals surface area contributed by atoms with Crippen molar-refractivity contribution in [3.05, 3.63) is 92.2 Å². The maximum atomic E-state index is 12.9. The Bertz CT molecular complexity index is 1260. The molecule has 0 bridgehead atoms. The van der Waals surface area contributed by atoms with E-state index in [1.165, 1.54) is 23.8 Å². The van der Waals surface area contributed by atoms with Crippen LogP contribution in [0.15, 0.2) is 64.6 Å². The van der Waals surface area contributed by atoms with Crippen molar-refractivity contribution in [3.8, 4) is 17.4 Å². The Hall–Kier alpha value is -3.89. The van der Waals surface area contributed by atoms with Crippen LogP contribution < -0.4 is 0 Å². The fourth-order valence-corrected chi connectivity index (χ4v) is 3.70. The molecule has 1 aliphatic rings. The number of furan rings is 1. The van der Waals surface area contributed by atoms with Crippen LogP contribution in [0.1, 0.15) is 16.9 Å². The van der Waals surface area contributed by atoms with Gasteiger partial charge in [0.15, 0.2) is 0 Å². The van der Waals surface area contributed by atoms with Crippen LogP contribution >= 0.6 is 11.6 Å². The predicted molar refractivity (Wildman–Crippen MR) is 115 cm³/mol. The number of carbonyl (C=O) groups is 1. The molecular formula is C23H16ClN3O4. The summed E-state index contributed by atoms with van der Waals surface area (Å²) in [5.41, 5.74) is 2.48. The molecule has 2 aromatic carbocycles. The van der Waals surface area contributed by atoms with Crippen molar-refractivity contribution in [2.75, 3.05) is 6.54 Å². The number of nitro benzene ring substituents is 1. The van der Waals surface area contributed by atoms with Crippen molar-refractivity contribution < 1.29 is 14.1 Å². The van der Waals surface area contributed by atoms with Gasteiger partial charge in [0, 0.05) is 30.8 Å². The number of benzene rings is 2. The van der Waals surface area contributed by atoms with E-state index in [4.69, 9.17) is 16.0 Å². The Morgan fingerprint density at radius 1 is 1.19 bits per heavy atom. The van der Waals surface area contributed by atoms with E-state index in [0.29, 0.717) is 30.2 Å². The molecule has 0 fully saturated rings. The molecule has 3 aromatic rings. The highest BCUT2D eigenvalue weighted by Gasteiger charge is 2.23. The molecule has 0 saturated carbocycles. The standard InChI is InChI=1S/C23H16ClN3O4/c24-20-7-5-16(12-21(20)27(29)30)22-8-6-19(31-22)11-18(13-25)23(28)26-10-9-15-3-1-2-4-17(15)14-26/h1-8,11-12H,9-10,14H2/b18-11+. The van der Waals surface area contributed by atoms with Crippen LogP contribution in [0.2, 0.25) is 5.02 Å². The quantitative estimate of drug-likeness (QED) is 0.249. The molecule has 0 N–H and O–H groups in total. The summed E-state index contributed by atoms with van der Waals surface area (Å²) in [6.07, 6.45) is 2.12. The van der Waals surface area contributed by atoms with Crippen LogP contribution in [0, 0.1) is 21.4 Å². The van der Waals surface area contributed by atoms with E-state index >= 15 is 0 Å². The van der Waals surface area contributed by atoms with Crippen LogP contribution in [0.4, 0.5) is 5.69 Å². The number of nitrogens with zero attached hydrogens (tertiary/aromatic N) is 3. The zero-order valence-corrected chi connectivity index (χ0v) is 17.0. The molecule has 0 unspecified atom stereocenters. The molecule has 1 aromatic heterocycles. The summed E-state index contributed by atoms with van der Waals surface area (Å²) in [4.78, 5) is 25.1. The second-order valence-electron chi connectivity index (χ2n) is 7.04. The largest absolute Gasteiger partial charge is 0.457 e. The highest BCUT2D eigenvalue weighted by Crippen LogP contribution is 2.31. The first-order valence-electron chi connectivity index (χ1n) is 9.48. The van der Waals surface area contributed by atoms with Gasteiger partial charge >= 0.3 is 0 Å². The van der Waals surface area contributed by atoms with Gasteiger partial charge in [-0.3, -0.25) is 14.9 Å². The van der Waals surface area contributed by atoms with Crippen molar-refractivity contribution in [1.29, 1.82) is 5.26 Å². The molecule has 31 heavy (non-hydrogen) atoms. The lowest BCUT2D eigenvalue weighted by molar-refractivity contribution is -0.384. The number of rotatable bonds is 4. The van der Waals surface area contributed by atoms with Gasteiger partial charge in [0.25, 0.3) is 11.6 Å². The Balaban J connectivity index is 1.56. The van der Waals surface area contributed by atoms with E-state index in [-0.39, 0.29) is 22.2 Å². The van der Waals surface area contributed by atoms with Gasteiger partial charge in [0.1, 0.15) is 28.2 Å². The topological polar surface area (TPSA) is 100 Å². The predicted octanol–water partition coefficient (Wildman–Crippen LogP) is 5.00. The summed E-state index contributed by atoms with van der Waals surface area (Å²) < 4.78 is 5.71. The van der Waals surface area contributed by atoms with Crippen LogP contribution in [0.3, 0.4) is 0 Å². The second-order valence-corrected chi connectivity index (χ2v) is 7.45. The normalized spacial score (nSPS) is 13.4. The number of carbonyl (C=O) groups excluding carboxylic acids is 1. The van der Waals surface area contributed by atoms with E-state index < -0.39 is 4.92 Å². The average molecular weight is 434 g/mol. The molecule has 0 spiro atoms. The molecule has 0 atom stereocenters. The Morgan fingerprint density at radius 3 is 2.71 bits per heavy atom. The Labute approximate surface area is 182 Å². The summed E-state index contributed by atoms with van der Waals surface area (Å²) in [6, 6.07) is 17.4. The van der Waals surface area contributed by atoms with Crippen LogP contribution in [-0.2, 0) is 17.8 Å². The molecule has 4 rings (SSSR count). The van der Waals surface area contributed by atoms with Crippen molar-refractivity contribution in [1.82, 2.24) is 4.90 Å². The average Bonchev–Trinajstić information content (AvgIpc) is 3.25. The van der Waals surface area contributed by atoms with Gasteiger partial charge in [-0.1, -0.05) is 35.9 Å². The maximum absolute atomic E-state index is 12.9. The molecule has 0 saturated heterocycles. The summed E-state index contributed by atoms with van der Waals surface area (Å²) >= 11 is 5.85. The van der Waals surface area contributed by atoms with Gasteiger partial charge in [-0.25, -0.2) is 0 Å². The summed E-state index contributed by atoms with van der Waals surface area (Å²) in [7, 11) is 0. The van der Waals surface area contributed by atoms with E-state index in [1.807, 2.05) is 30.3 Å². The first-order valence-corrected chi connectivity index (χ1v) is 9.86. The molecule has 154 valence electrons. The van der Waals surface area contributed by atoms with Crippen LogP contribution in [0.5, 0.6) is 0 Å². The first kappa shape index (κ1) is 20.4. The van der Waals surface area contributed by atoms with Gasteiger partial charge in [-0.05, 0) is 41.8 Å². The lowest BCUT2D eigenvalue weighted by Gasteiger charge is -2.28. The monoisotopic (exact) mass is 433 g/mol. The maximum Gasteiger partial charge on any atom is 0.288 e. The van der Waals surface area contributed by atoms with E-state index in [2.05, 4.69) is 0 Å². The van der Waals surface area contributed by atoms with E-state index in [9.17, 15) is 20.2 Å². The lowest BCUT2D eigenvalue weighted by Crippen LogP contribution is -2.36. The van der Waals surface area contributed by atoms with Crippen molar-refractivity contribution in [2.24, 2.45) is 0 Å². The number of nitro groups is 1. The van der Waals surface area contributed by atoms with Crippen molar-refractivity contribution >= 4 is 29.3 Å². The molecule has 1 amide bonds. The van der Waals surface area contributed by atoms with Gasteiger partial charge in [0.2, 0.25) is 0 Å². The van der Waals surface area contributed by atoms with Crippen molar-refractivity contribution in [2.45, 2.75) is 13.0 Å². The molecule has 1 aliphatic heterocycles. The number of hydrogen-bond donors (Lipinski definition) is 0. The van der Waals surface area contributed by atoms with Gasteiger partial charge in [-0.2, -0.15) is 5.26 Å². The Kier molecular flexibility index (Phi) is 5.56. The first-order chi connectivity index (χ1) is 15.0. The number of fused-ring (bicyclic) bond motifs is 1. The SMILES string of the molecule is N#C/C(=C\c1ccc(-c2ccc(Cl)c([N+](=O)[O-])c2)o1)C(=O)N1CCc2ccccc2C1. The minimum Gasteiger partial charge on any atom is -0.457 e. The number of halogens is 1. The van der Waals surface area contributed by atoms with Gasteiger partial charge in [0.05, 0.1) is 4.92 Å². The van der Waals surface area contributed by atoms with Gasteiger partial charge in [-0.15, -0.1) is 0 Å². The minimum atomic E-state index is -0.571. The minimum absolute atomic E-state index is 0.0286. The lowest BCUT2D eigenvalue weighted by atomic mass is 9.99. The fraction of sp³-hybridized carbons (Fsp3) is 0.130. The second kappa shape index (κ2) is 8.46. The highest BCUT2D eigenvalue weighted by atomic mass is 35.5. The van der Waals surface area contributed by atoms with Crippen LogP contribution in [-0.4, -0.2) is 22.3 Å². The fourth-order valence-electron chi connectivity index (χ4n) is 3.51. The molecule has 0 aliphatic carbocycles. The molecule has 8 heteroatoms. The third-order valence-electron chi connectivity index (χ3n) is 5.11. The molecule has 0 radical (unpaired) electrons. The number of amides is 1. The zero-order chi connectivity index (χ0) is 22.0. The molecule has 2 heterocycles. The Morgan fingerprint density at radius 2 is 1.97 bits per heavy atom. The highest BCUT2D eigenvalue weighted by molar-refractivity contribution is 6.32. The van der Waals surface area contributed by atoms with Gasteiger partial charge < -0.3 is 9.32 Å². The molecule has 7 nitrogen and oxygen atoms in total. The third-order valence-corrected chi connectivity index (χ3v) is 5.43. The van der Waals surface area contributed by atoms with Crippen molar-refractivity contribution in [3.63, 3.8) is 0 Å². The van der Waals surface area contributed by atoms with E-state index in [1.54, 1.807) is 23.1 Å². The molecular weight excluding hydrogens is 418 g/mol. The smallest absolute Gasteiger partial charge is 0.288 e. The third kappa shape index (κ3) is 4.20. The summed E-state index contributed by atoms with van der Waals surface area (Å²) in [5.74, 6) is 0.301.